The molecule has 0 radical (unpaired) electrons. The zero-order chi connectivity index (χ0) is 28.6. The van der Waals surface area contributed by atoms with E-state index in [0.717, 1.165) is 56.5 Å². The fraction of sp³-hybridized carbons (Fsp3) is 0.0811. The van der Waals surface area contributed by atoms with E-state index < -0.39 is 0 Å². The van der Waals surface area contributed by atoms with Crippen molar-refractivity contribution in [3.05, 3.63) is 163 Å². The SMILES string of the molecule is S=C(SC(CCc1ccc(-c2cc(-c3ccccn3)nc(-c3ccccn3)c2)cc1)c1ccccc1)c1ccccc1. The Hall–Kier alpha value is -4.45. The lowest BCUT2D eigenvalue weighted by Crippen LogP contribution is -2.02. The van der Waals surface area contributed by atoms with Gasteiger partial charge in [-0.15, -0.1) is 11.8 Å². The number of nitrogens with zero attached hydrogens (tertiary/aromatic N) is 3. The van der Waals surface area contributed by atoms with Gasteiger partial charge in [0.25, 0.3) is 0 Å². The highest BCUT2D eigenvalue weighted by atomic mass is 32.2. The highest BCUT2D eigenvalue weighted by molar-refractivity contribution is 8.23. The first kappa shape index (κ1) is 27.7. The van der Waals surface area contributed by atoms with Crippen molar-refractivity contribution in [3.63, 3.8) is 0 Å². The minimum atomic E-state index is 0.278. The molecule has 0 aliphatic rings. The summed E-state index contributed by atoms with van der Waals surface area (Å²) >= 11 is 7.62. The molecule has 0 saturated carbocycles. The normalized spacial score (nSPS) is 11.6. The first-order chi connectivity index (χ1) is 20.7. The maximum Gasteiger partial charge on any atom is 0.0900 e. The van der Waals surface area contributed by atoms with Crippen LogP contribution in [-0.4, -0.2) is 19.1 Å². The number of aryl methyl sites for hydroxylation is 1. The second-order valence-corrected chi connectivity index (χ2v) is 11.8. The molecule has 6 rings (SSSR count). The monoisotopic (exact) mass is 579 g/mol. The molecule has 0 saturated heterocycles. The molecule has 204 valence electrons. The van der Waals surface area contributed by atoms with E-state index in [1.165, 1.54) is 11.1 Å². The van der Waals surface area contributed by atoms with Gasteiger partial charge < -0.3 is 0 Å². The van der Waals surface area contributed by atoms with Crippen LogP contribution >= 0.6 is 24.0 Å². The Labute approximate surface area is 256 Å². The Bertz CT molecular complexity index is 1680. The minimum absolute atomic E-state index is 0.278. The quantitative estimate of drug-likeness (QED) is 0.159. The molecule has 3 aromatic heterocycles. The standard InChI is InChI=1S/C37H29N3S2/c41-37(30-13-5-2-6-14-30)42-36(29-11-3-1-4-12-29)22-19-27-17-20-28(21-18-27)31-25-34(32-15-7-9-23-38-32)40-35(26-31)33-16-8-10-24-39-33/h1-18,20-21,23-26,36H,19,22H2. The van der Waals surface area contributed by atoms with Crippen LogP contribution in [0, 0.1) is 0 Å². The van der Waals surface area contributed by atoms with Gasteiger partial charge in [0, 0.05) is 17.6 Å². The van der Waals surface area contributed by atoms with Crippen LogP contribution in [0.2, 0.25) is 0 Å². The van der Waals surface area contributed by atoms with Gasteiger partial charge in [-0.05, 0) is 77.1 Å². The third-order valence-electron chi connectivity index (χ3n) is 7.09. The summed E-state index contributed by atoms with van der Waals surface area (Å²) in [6.45, 7) is 0. The number of hydrogen-bond donors (Lipinski definition) is 0. The van der Waals surface area contributed by atoms with E-state index in [2.05, 4.69) is 88.8 Å². The molecule has 42 heavy (non-hydrogen) atoms. The van der Waals surface area contributed by atoms with Crippen molar-refractivity contribution >= 4 is 28.2 Å². The van der Waals surface area contributed by atoms with Gasteiger partial charge >= 0.3 is 0 Å². The number of benzene rings is 3. The van der Waals surface area contributed by atoms with E-state index in [0.29, 0.717) is 0 Å². The maximum absolute atomic E-state index is 5.84. The van der Waals surface area contributed by atoms with Crippen LogP contribution in [0.5, 0.6) is 0 Å². The highest BCUT2D eigenvalue weighted by Gasteiger charge is 2.16. The molecule has 1 unspecified atom stereocenters. The summed E-state index contributed by atoms with van der Waals surface area (Å²) in [5.41, 5.74) is 9.27. The van der Waals surface area contributed by atoms with Crippen LogP contribution < -0.4 is 0 Å². The highest BCUT2D eigenvalue weighted by Crippen LogP contribution is 2.36. The van der Waals surface area contributed by atoms with Crippen molar-refractivity contribution in [2.75, 3.05) is 0 Å². The van der Waals surface area contributed by atoms with E-state index in [4.69, 9.17) is 17.2 Å². The van der Waals surface area contributed by atoms with Crippen molar-refractivity contribution in [2.24, 2.45) is 0 Å². The van der Waals surface area contributed by atoms with Crippen molar-refractivity contribution in [1.29, 1.82) is 0 Å². The van der Waals surface area contributed by atoms with Gasteiger partial charge in [0.15, 0.2) is 0 Å². The lowest BCUT2D eigenvalue weighted by Gasteiger charge is -2.18. The first-order valence-electron chi connectivity index (χ1n) is 14.0. The summed E-state index contributed by atoms with van der Waals surface area (Å²) in [7, 11) is 0. The van der Waals surface area contributed by atoms with Crippen LogP contribution in [0.3, 0.4) is 0 Å². The van der Waals surface area contributed by atoms with E-state index in [9.17, 15) is 0 Å². The number of pyridine rings is 3. The molecule has 0 N–H and O–H groups in total. The molecule has 3 heterocycles. The van der Waals surface area contributed by atoms with E-state index in [1.807, 2.05) is 54.6 Å². The molecular formula is C37H29N3S2. The molecule has 0 aliphatic carbocycles. The van der Waals surface area contributed by atoms with Gasteiger partial charge in [0.05, 0.1) is 27.0 Å². The average Bonchev–Trinajstić information content (AvgIpc) is 3.08. The van der Waals surface area contributed by atoms with E-state index in [-0.39, 0.29) is 5.25 Å². The first-order valence-corrected chi connectivity index (χ1v) is 15.3. The lowest BCUT2D eigenvalue weighted by molar-refractivity contribution is 0.805. The van der Waals surface area contributed by atoms with Crippen LogP contribution in [-0.2, 0) is 6.42 Å². The Morgan fingerprint density at radius 2 is 1.17 bits per heavy atom. The maximum atomic E-state index is 5.84. The van der Waals surface area contributed by atoms with Gasteiger partial charge in [0.1, 0.15) is 0 Å². The fourth-order valence-corrected chi connectivity index (χ4v) is 6.43. The smallest absolute Gasteiger partial charge is 0.0900 e. The predicted octanol–water partition coefficient (Wildman–Crippen LogP) is 9.66. The predicted molar refractivity (Wildman–Crippen MR) is 179 cm³/mol. The fourth-order valence-electron chi connectivity index (χ4n) is 4.88. The molecule has 0 spiro atoms. The number of aromatic nitrogens is 3. The molecule has 3 nitrogen and oxygen atoms in total. The van der Waals surface area contributed by atoms with Crippen LogP contribution in [0.1, 0.15) is 28.4 Å². The van der Waals surface area contributed by atoms with Crippen LogP contribution in [0.25, 0.3) is 33.9 Å². The third kappa shape index (κ3) is 6.88. The van der Waals surface area contributed by atoms with Crippen LogP contribution in [0.15, 0.2) is 146 Å². The minimum Gasteiger partial charge on any atom is -0.255 e. The summed E-state index contributed by atoms with van der Waals surface area (Å²) in [6.07, 6.45) is 5.54. The Morgan fingerprint density at radius 1 is 0.595 bits per heavy atom. The largest absolute Gasteiger partial charge is 0.255 e. The van der Waals surface area contributed by atoms with Crippen molar-refractivity contribution < 1.29 is 0 Å². The molecule has 6 aromatic rings. The number of thiocarbonyl (C=S) groups is 1. The Kier molecular flexibility index (Phi) is 8.89. The summed E-state index contributed by atoms with van der Waals surface area (Å²) in [6, 6.07) is 45.9. The summed E-state index contributed by atoms with van der Waals surface area (Å²) in [5.74, 6) is 0. The van der Waals surface area contributed by atoms with Gasteiger partial charge in [-0.25, -0.2) is 4.98 Å². The number of rotatable bonds is 9. The van der Waals surface area contributed by atoms with Crippen molar-refractivity contribution in [2.45, 2.75) is 18.1 Å². The zero-order valence-corrected chi connectivity index (χ0v) is 24.6. The summed E-state index contributed by atoms with van der Waals surface area (Å²) in [4.78, 5) is 14.0. The van der Waals surface area contributed by atoms with Gasteiger partial charge in [-0.3, -0.25) is 9.97 Å². The Balaban J connectivity index is 1.23. The molecule has 3 aromatic carbocycles. The zero-order valence-electron chi connectivity index (χ0n) is 23.0. The molecule has 5 heteroatoms. The molecule has 0 bridgehead atoms. The van der Waals surface area contributed by atoms with Gasteiger partial charge in [-0.2, -0.15) is 0 Å². The number of hydrogen-bond acceptors (Lipinski definition) is 5. The third-order valence-corrected chi connectivity index (χ3v) is 8.86. The molecule has 1 atom stereocenters. The van der Waals surface area contributed by atoms with Gasteiger partial charge in [-0.1, -0.05) is 109 Å². The molecule has 0 amide bonds. The van der Waals surface area contributed by atoms with Crippen LogP contribution in [0.4, 0.5) is 0 Å². The van der Waals surface area contributed by atoms with Gasteiger partial charge in [0.2, 0.25) is 0 Å². The molecular weight excluding hydrogens is 551 g/mol. The second-order valence-electron chi connectivity index (χ2n) is 9.96. The Morgan fingerprint density at radius 3 is 1.74 bits per heavy atom. The molecule has 0 fully saturated rings. The van der Waals surface area contributed by atoms with E-state index >= 15 is 0 Å². The summed E-state index contributed by atoms with van der Waals surface area (Å²) < 4.78 is 0.935. The lowest BCUT2D eigenvalue weighted by atomic mass is 9.99. The van der Waals surface area contributed by atoms with E-state index in [1.54, 1.807) is 24.2 Å². The summed E-state index contributed by atoms with van der Waals surface area (Å²) in [5, 5.41) is 0.278. The molecule has 0 aliphatic heterocycles. The topological polar surface area (TPSA) is 38.7 Å². The average molecular weight is 580 g/mol. The second kappa shape index (κ2) is 13.5. The van der Waals surface area contributed by atoms with Crippen molar-refractivity contribution in [3.8, 4) is 33.9 Å². The van der Waals surface area contributed by atoms with Crippen molar-refractivity contribution in [1.82, 2.24) is 15.0 Å². The number of thioether (sulfide) groups is 1.